The summed E-state index contributed by atoms with van der Waals surface area (Å²) in [5, 5.41) is 7.83. The number of anilines is 1. The van der Waals surface area contributed by atoms with Crippen molar-refractivity contribution < 1.29 is 4.74 Å². The van der Waals surface area contributed by atoms with Crippen LogP contribution >= 0.6 is 35.4 Å². The van der Waals surface area contributed by atoms with E-state index >= 15 is 0 Å². The average Bonchev–Trinajstić information content (AvgIpc) is 2.51. The molecule has 22 heavy (non-hydrogen) atoms. The summed E-state index contributed by atoms with van der Waals surface area (Å²) in [6.45, 7) is 3.10. The van der Waals surface area contributed by atoms with Crippen LogP contribution in [0.1, 0.15) is 12.5 Å². The van der Waals surface area contributed by atoms with Crippen molar-refractivity contribution in [3.05, 3.63) is 58.1 Å². The number of para-hydroxylation sites is 2. The van der Waals surface area contributed by atoms with Crippen molar-refractivity contribution in [3.63, 3.8) is 0 Å². The number of halogens is 2. The van der Waals surface area contributed by atoms with E-state index in [1.165, 1.54) is 0 Å². The van der Waals surface area contributed by atoms with Gasteiger partial charge in [-0.25, -0.2) is 0 Å². The maximum absolute atomic E-state index is 5.99. The van der Waals surface area contributed by atoms with E-state index in [2.05, 4.69) is 10.6 Å². The molecule has 2 N–H and O–H groups in total. The minimum atomic E-state index is 0.512. The van der Waals surface area contributed by atoms with Gasteiger partial charge < -0.3 is 15.4 Å². The molecule has 2 rings (SSSR count). The van der Waals surface area contributed by atoms with E-state index in [0.29, 0.717) is 28.3 Å². The zero-order valence-electron chi connectivity index (χ0n) is 12.0. The van der Waals surface area contributed by atoms with Crippen molar-refractivity contribution >= 4 is 46.2 Å². The van der Waals surface area contributed by atoms with Crippen molar-refractivity contribution in [2.75, 3.05) is 11.9 Å². The molecule has 0 heterocycles. The van der Waals surface area contributed by atoms with Gasteiger partial charge in [0.25, 0.3) is 0 Å². The fourth-order valence-electron chi connectivity index (χ4n) is 1.85. The van der Waals surface area contributed by atoms with E-state index in [9.17, 15) is 0 Å². The van der Waals surface area contributed by atoms with Crippen LogP contribution in [0.25, 0.3) is 0 Å². The molecular weight excluding hydrogens is 339 g/mol. The monoisotopic (exact) mass is 354 g/mol. The molecule has 0 radical (unpaired) electrons. The molecule has 116 valence electrons. The van der Waals surface area contributed by atoms with E-state index in [-0.39, 0.29) is 0 Å². The first-order valence-corrected chi connectivity index (χ1v) is 7.97. The van der Waals surface area contributed by atoms with Crippen molar-refractivity contribution in [2.45, 2.75) is 13.5 Å². The van der Waals surface area contributed by atoms with Gasteiger partial charge in [0.1, 0.15) is 5.75 Å². The van der Waals surface area contributed by atoms with Gasteiger partial charge >= 0.3 is 0 Å². The molecule has 0 aliphatic rings. The predicted octanol–water partition coefficient (Wildman–Crippen LogP) is 4.88. The highest BCUT2D eigenvalue weighted by Gasteiger charge is 2.05. The third kappa shape index (κ3) is 4.77. The molecule has 0 fully saturated rings. The molecule has 0 saturated carbocycles. The van der Waals surface area contributed by atoms with Crippen LogP contribution in [0.4, 0.5) is 5.69 Å². The van der Waals surface area contributed by atoms with Gasteiger partial charge in [-0.05, 0) is 49.0 Å². The Balaban J connectivity index is 1.94. The van der Waals surface area contributed by atoms with Gasteiger partial charge in [0.2, 0.25) is 0 Å². The maximum Gasteiger partial charge on any atom is 0.171 e. The number of hydrogen-bond donors (Lipinski definition) is 2. The summed E-state index contributed by atoms with van der Waals surface area (Å²) in [6, 6.07) is 13.1. The normalized spacial score (nSPS) is 10.1. The average molecular weight is 355 g/mol. The van der Waals surface area contributed by atoms with Gasteiger partial charge in [0.05, 0.1) is 22.3 Å². The van der Waals surface area contributed by atoms with E-state index in [1.54, 1.807) is 6.07 Å². The second-order valence-electron chi connectivity index (χ2n) is 4.49. The zero-order chi connectivity index (χ0) is 15.9. The Kier molecular flexibility index (Phi) is 6.31. The van der Waals surface area contributed by atoms with E-state index in [0.717, 1.165) is 17.0 Å². The highest BCUT2D eigenvalue weighted by Crippen LogP contribution is 2.24. The third-order valence-corrected chi connectivity index (χ3v) is 3.86. The lowest BCUT2D eigenvalue weighted by atomic mass is 10.2. The Morgan fingerprint density at radius 2 is 1.91 bits per heavy atom. The number of benzene rings is 2. The fourth-order valence-corrected chi connectivity index (χ4v) is 2.35. The fraction of sp³-hybridized carbons (Fsp3) is 0.188. The third-order valence-electron chi connectivity index (χ3n) is 2.87. The molecule has 2 aromatic rings. The summed E-state index contributed by atoms with van der Waals surface area (Å²) in [7, 11) is 0. The molecule has 0 unspecified atom stereocenters. The number of ether oxygens (including phenoxy) is 1. The van der Waals surface area contributed by atoms with Crippen molar-refractivity contribution in [1.82, 2.24) is 5.32 Å². The van der Waals surface area contributed by atoms with Crippen LogP contribution in [-0.2, 0) is 6.54 Å². The molecule has 0 atom stereocenters. The summed E-state index contributed by atoms with van der Waals surface area (Å²) < 4.78 is 5.55. The van der Waals surface area contributed by atoms with Crippen LogP contribution in [0.15, 0.2) is 42.5 Å². The summed E-state index contributed by atoms with van der Waals surface area (Å²) in [4.78, 5) is 0. The topological polar surface area (TPSA) is 33.3 Å². The molecule has 0 bridgehead atoms. The van der Waals surface area contributed by atoms with Gasteiger partial charge in [-0.1, -0.05) is 41.4 Å². The van der Waals surface area contributed by atoms with Crippen LogP contribution in [-0.4, -0.2) is 11.7 Å². The Morgan fingerprint density at radius 3 is 2.64 bits per heavy atom. The molecule has 0 aliphatic heterocycles. The quantitative estimate of drug-likeness (QED) is 0.749. The molecule has 0 amide bonds. The van der Waals surface area contributed by atoms with Crippen LogP contribution in [0, 0.1) is 0 Å². The van der Waals surface area contributed by atoms with Gasteiger partial charge in [-0.15, -0.1) is 0 Å². The van der Waals surface area contributed by atoms with Gasteiger partial charge in [0.15, 0.2) is 5.11 Å². The first-order chi connectivity index (χ1) is 10.6. The summed E-state index contributed by atoms with van der Waals surface area (Å²) >= 11 is 17.2. The zero-order valence-corrected chi connectivity index (χ0v) is 14.4. The van der Waals surface area contributed by atoms with Crippen molar-refractivity contribution in [2.24, 2.45) is 0 Å². The van der Waals surface area contributed by atoms with Crippen LogP contribution < -0.4 is 15.4 Å². The SMILES string of the molecule is CCOc1ccccc1NC(=S)NCc1ccc(Cl)c(Cl)c1. The Bertz CT molecular complexity index is 664. The second-order valence-corrected chi connectivity index (χ2v) is 5.71. The Labute approximate surface area is 145 Å². The van der Waals surface area contributed by atoms with Gasteiger partial charge in [-0.2, -0.15) is 0 Å². The molecule has 6 heteroatoms. The lowest BCUT2D eigenvalue weighted by Crippen LogP contribution is -2.28. The molecule has 0 aromatic heterocycles. The van der Waals surface area contributed by atoms with E-state index < -0.39 is 0 Å². The number of nitrogens with one attached hydrogen (secondary N) is 2. The number of hydrogen-bond acceptors (Lipinski definition) is 2. The molecule has 0 saturated heterocycles. The summed E-state index contributed by atoms with van der Waals surface area (Å²) in [6.07, 6.45) is 0. The van der Waals surface area contributed by atoms with Gasteiger partial charge in [-0.3, -0.25) is 0 Å². The summed E-state index contributed by atoms with van der Waals surface area (Å²) in [5.74, 6) is 0.767. The minimum absolute atomic E-state index is 0.512. The molecular formula is C16H16Cl2N2OS. The molecule has 3 nitrogen and oxygen atoms in total. The second kappa shape index (κ2) is 8.22. The van der Waals surface area contributed by atoms with Crippen molar-refractivity contribution in [3.8, 4) is 5.75 Å². The molecule has 0 aliphatic carbocycles. The molecule has 0 spiro atoms. The predicted molar refractivity (Wildman–Crippen MR) is 97.1 cm³/mol. The summed E-state index contributed by atoms with van der Waals surface area (Å²) in [5.41, 5.74) is 1.83. The largest absolute Gasteiger partial charge is 0.492 e. The van der Waals surface area contributed by atoms with Crippen LogP contribution in [0.2, 0.25) is 10.0 Å². The highest BCUT2D eigenvalue weighted by molar-refractivity contribution is 7.80. The Hall–Kier alpha value is -1.49. The number of thiocarbonyl (C=S) groups is 1. The standard InChI is InChI=1S/C16H16Cl2N2OS/c1-2-21-15-6-4-3-5-14(15)20-16(22)19-10-11-7-8-12(17)13(18)9-11/h3-9H,2,10H2,1H3,(H2,19,20,22). The highest BCUT2D eigenvalue weighted by atomic mass is 35.5. The first-order valence-electron chi connectivity index (χ1n) is 6.80. The van der Waals surface area contributed by atoms with E-state index in [1.807, 2.05) is 43.3 Å². The molecule has 2 aromatic carbocycles. The Morgan fingerprint density at radius 1 is 1.14 bits per heavy atom. The van der Waals surface area contributed by atoms with Crippen molar-refractivity contribution in [1.29, 1.82) is 0 Å². The van der Waals surface area contributed by atoms with E-state index in [4.69, 9.17) is 40.2 Å². The van der Waals surface area contributed by atoms with Gasteiger partial charge in [0, 0.05) is 6.54 Å². The van der Waals surface area contributed by atoms with Crippen LogP contribution in [0.3, 0.4) is 0 Å². The maximum atomic E-state index is 5.99. The smallest absolute Gasteiger partial charge is 0.171 e. The minimum Gasteiger partial charge on any atom is -0.492 e. The lowest BCUT2D eigenvalue weighted by molar-refractivity contribution is 0.342. The first kappa shape index (κ1) is 16.9. The lowest BCUT2D eigenvalue weighted by Gasteiger charge is -2.14. The number of rotatable bonds is 5. The van der Waals surface area contributed by atoms with Crippen LogP contribution in [0.5, 0.6) is 5.75 Å².